The van der Waals surface area contributed by atoms with Gasteiger partial charge in [-0.3, -0.25) is 0 Å². The van der Waals surface area contributed by atoms with Crippen molar-refractivity contribution in [2.45, 2.75) is 20.3 Å². The Morgan fingerprint density at radius 1 is 1.42 bits per heavy atom. The van der Waals surface area contributed by atoms with Crippen molar-refractivity contribution in [2.24, 2.45) is 0 Å². The summed E-state index contributed by atoms with van der Waals surface area (Å²) in [5.74, 6) is 0. The minimum absolute atomic E-state index is 0.222. The second kappa shape index (κ2) is 4.30. The highest BCUT2D eigenvalue weighted by molar-refractivity contribution is 5.67. The summed E-state index contributed by atoms with van der Waals surface area (Å²) in [6, 6.07) is 0. The van der Waals surface area contributed by atoms with Crippen molar-refractivity contribution in [1.29, 1.82) is 0 Å². The molecule has 0 bridgehead atoms. The number of amides is 1. The molecule has 0 aromatic heterocycles. The summed E-state index contributed by atoms with van der Waals surface area (Å²) < 4.78 is 0. The summed E-state index contributed by atoms with van der Waals surface area (Å²) in [4.78, 5) is 18.0. The molecule has 1 amide bonds. The van der Waals surface area contributed by atoms with Gasteiger partial charge in [0.05, 0.1) is 0 Å². The maximum Gasteiger partial charge on any atom is 0.428 e. The molecule has 4 nitrogen and oxygen atoms in total. The van der Waals surface area contributed by atoms with E-state index < -0.39 is 0 Å². The van der Waals surface area contributed by atoms with E-state index in [2.05, 4.69) is 0 Å². The molecule has 1 heterocycles. The molecular weight excluding hydrogens is 156 g/mol. The first kappa shape index (κ1) is 9.32. The van der Waals surface area contributed by atoms with Crippen LogP contribution in [0.5, 0.6) is 0 Å². The number of carbonyl (C=O) groups is 1. The van der Waals surface area contributed by atoms with Crippen LogP contribution in [0.2, 0.25) is 0 Å². The van der Waals surface area contributed by atoms with Crippen molar-refractivity contribution >= 4 is 6.09 Å². The van der Waals surface area contributed by atoms with Crippen LogP contribution in [0.15, 0.2) is 0 Å². The predicted octanol–water partition coefficient (Wildman–Crippen LogP) is 1.09. The van der Waals surface area contributed by atoms with Gasteiger partial charge in [0.25, 0.3) is 0 Å². The van der Waals surface area contributed by atoms with Crippen molar-refractivity contribution in [3.05, 3.63) is 0 Å². The fourth-order valence-corrected chi connectivity index (χ4v) is 1.03. The third kappa shape index (κ3) is 2.11. The minimum atomic E-state index is -0.222. The van der Waals surface area contributed by atoms with Crippen LogP contribution in [-0.4, -0.2) is 42.2 Å². The van der Waals surface area contributed by atoms with E-state index in [0.717, 1.165) is 19.5 Å². The molecule has 1 aliphatic heterocycles. The highest BCUT2D eigenvalue weighted by Crippen LogP contribution is 2.07. The molecule has 1 fully saturated rings. The van der Waals surface area contributed by atoms with Gasteiger partial charge in [0.1, 0.15) is 0 Å². The lowest BCUT2D eigenvalue weighted by Gasteiger charge is -2.30. The lowest BCUT2D eigenvalue weighted by molar-refractivity contribution is -0.150. The number of hydroxylamine groups is 2. The molecule has 0 N–H and O–H groups in total. The van der Waals surface area contributed by atoms with Gasteiger partial charge in [0, 0.05) is 26.2 Å². The Hall–Kier alpha value is -0.770. The Bertz CT molecular complexity index is 153. The van der Waals surface area contributed by atoms with E-state index in [9.17, 15) is 4.79 Å². The molecule has 1 saturated heterocycles. The molecule has 1 aliphatic rings. The molecule has 0 aromatic rings. The monoisotopic (exact) mass is 172 g/mol. The predicted molar refractivity (Wildman–Crippen MR) is 45.6 cm³/mol. The third-order valence-corrected chi connectivity index (χ3v) is 2.04. The van der Waals surface area contributed by atoms with Gasteiger partial charge in [-0.2, -0.15) is 0 Å². The van der Waals surface area contributed by atoms with Crippen LogP contribution in [-0.2, 0) is 4.84 Å². The fourth-order valence-electron chi connectivity index (χ4n) is 1.03. The third-order valence-electron chi connectivity index (χ3n) is 2.04. The van der Waals surface area contributed by atoms with E-state index in [1.165, 1.54) is 0 Å². The zero-order valence-electron chi connectivity index (χ0n) is 7.75. The highest BCUT2D eigenvalue weighted by Gasteiger charge is 2.20. The highest BCUT2D eigenvalue weighted by atomic mass is 16.7. The van der Waals surface area contributed by atoms with E-state index in [1.807, 2.05) is 13.8 Å². The molecule has 0 saturated carbocycles. The molecule has 70 valence electrons. The normalized spacial score (nSPS) is 16.8. The van der Waals surface area contributed by atoms with Crippen molar-refractivity contribution in [2.75, 3.05) is 26.2 Å². The van der Waals surface area contributed by atoms with Crippen LogP contribution >= 0.6 is 0 Å². The van der Waals surface area contributed by atoms with E-state index in [-0.39, 0.29) is 6.09 Å². The standard InChI is InChI=1S/C8H16N2O2/c1-3-9(4-2)8(11)12-10-6-5-7-10/h3-7H2,1-2H3. The molecule has 0 radical (unpaired) electrons. The summed E-state index contributed by atoms with van der Waals surface area (Å²) in [7, 11) is 0. The first-order valence-corrected chi connectivity index (χ1v) is 4.49. The van der Waals surface area contributed by atoms with Crippen molar-refractivity contribution in [3.8, 4) is 0 Å². The lowest BCUT2D eigenvalue weighted by Crippen LogP contribution is -2.43. The van der Waals surface area contributed by atoms with Gasteiger partial charge in [0.2, 0.25) is 0 Å². The first-order chi connectivity index (χ1) is 5.77. The SMILES string of the molecule is CCN(CC)C(=O)ON1CCC1. The summed E-state index contributed by atoms with van der Waals surface area (Å²) in [6.07, 6.45) is 0.908. The van der Waals surface area contributed by atoms with E-state index in [1.54, 1.807) is 9.96 Å². The van der Waals surface area contributed by atoms with Gasteiger partial charge in [0.15, 0.2) is 0 Å². The average Bonchev–Trinajstić information content (AvgIpc) is 1.99. The van der Waals surface area contributed by atoms with E-state index in [4.69, 9.17) is 4.84 Å². The number of hydrogen-bond acceptors (Lipinski definition) is 3. The number of carbonyl (C=O) groups excluding carboxylic acids is 1. The molecule has 4 heteroatoms. The summed E-state index contributed by atoms with van der Waals surface area (Å²) >= 11 is 0. The van der Waals surface area contributed by atoms with Crippen LogP contribution in [0, 0.1) is 0 Å². The van der Waals surface area contributed by atoms with Crippen molar-refractivity contribution in [3.63, 3.8) is 0 Å². The molecule has 1 rings (SSSR count). The summed E-state index contributed by atoms with van der Waals surface area (Å²) in [5.41, 5.74) is 0. The Kier molecular flexibility index (Phi) is 3.34. The zero-order valence-corrected chi connectivity index (χ0v) is 7.75. The molecule has 12 heavy (non-hydrogen) atoms. The lowest BCUT2D eigenvalue weighted by atomic mass is 10.3. The summed E-state index contributed by atoms with van der Waals surface area (Å²) in [6.45, 7) is 7.08. The average molecular weight is 172 g/mol. The largest absolute Gasteiger partial charge is 0.428 e. The Morgan fingerprint density at radius 2 is 2.00 bits per heavy atom. The van der Waals surface area contributed by atoms with Gasteiger partial charge in [-0.05, 0) is 20.3 Å². The maximum atomic E-state index is 11.3. The second-order valence-corrected chi connectivity index (χ2v) is 2.81. The molecule has 0 aromatic carbocycles. The van der Waals surface area contributed by atoms with E-state index in [0.29, 0.717) is 13.1 Å². The smallest absolute Gasteiger partial charge is 0.351 e. The summed E-state index contributed by atoms with van der Waals surface area (Å²) in [5, 5.41) is 1.70. The van der Waals surface area contributed by atoms with Gasteiger partial charge in [-0.1, -0.05) is 0 Å². The van der Waals surface area contributed by atoms with E-state index >= 15 is 0 Å². The molecule has 0 aliphatic carbocycles. The molecule has 0 atom stereocenters. The van der Waals surface area contributed by atoms with Gasteiger partial charge < -0.3 is 9.74 Å². The van der Waals surface area contributed by atoms with Crippen LogP contribution in [0.4, 0.5) is 4.79 Å². The second-order valence-electron chi connectivity index (χ2n) is 2.81. The van der Waals surface area contributed by atoms with Crippen molar-refractivity contribution < 1.29 is 9.63 Å². The van der Waals surface area contributed by atoms with Crippen molar-refractivity contribution in [1.82, 2.24) is 9.96 Å². The first-order valence-electron chi connectivity index (χ1n) is 4.49. The Morgan fingerprint density at radius 3 is 2.33 bits per heavy atom. The van der Waals surface area contributed by atoms with Crippen LogP contribution in [0.25, 0.3) is 0 Å². The topological polar surface area (TPSA) is 32.8 Å². The number of hydrogen-bond donors (Lipinski definition) is 0. The van der Waals surface area contributed by atoms with Gasteiger partial charge in [-0.25, -0.2) is 4.79 Å². The Balaban J connectivity index is 2.24. The zero-order chi connectivity index (χ0) is 8.97. The molecular formula is C8H16N2O2. The van der Waals surface area contributed by atoms with Crippen LogP contribution in [0.1, 0.15) is 20.3 Å². The van der Waals surface area contributed by atoms with Gasteiger partial charge >= 0.3 is 6.09 Å². The maximum absolute atomic E-state index is 11.3. The minimum Gasteiger partial charge on any atom is -0.351 e. The van der Waals surface area contributed by atoms with Crippen LogP contribution < -0.4 is 0 Å². The quantitative estimate of drug-likeness (QED) is 0.638. The molecule has 0 spiro atoms. The number of rotatable bonds is 3. The van der Waals surface area contributed by atoms with Gasteiger partial charge in [-0.15, -0.1) is 5.06 Å². The van der Waals surface area contributed by atoms with Crippen LogP contribution in [0.3, 0.4) is 0 Å². The number of nitrogens with zero attached hydrogens (tertiary/aromatic N) is 2. The molecule has 0 unspecified atom stereocenters. The fraction of sp³-hybridized carbons (Fsp3) is 0.875. The Labute approximate surface area is 73.0 Å².